The number of likely N-dealkylation sites (tertiary alicyclic amines) is 1. The lowest BCUT2D eigenvalue weighted by Crippen LogP contribution is -2.43. The van der Waals surface area contributed by atoms with Crippen LogP contribution >= 0.6 is 0 Å². The molecule has 6 fully saturated rings. The molecule has 0 radical (unpaired) electrons. The summed E-state index contributed by atoms with van der Waals surface area (Å²) in [7, 11) is 0. The van der Waals surface area contributed by atoms with E-state index in [0.29, 0.717) is 36.5 Å². The Morgan fingerprint density at radius 2 is 1.07 bits per heavy atom. The number of rotatable bonds is 6. The number of nitrogens with zero attached hydrogens (tertiary/aromatic N) is 11. The summed E-state index contributed by atoms with van der Waals surface area (Å²) in [4.78, 5) is 26.5. The first kappa shape index (κ1) is 35.2. The zero-order valence-corrected chi connectivity index (χ0v) is 32.3. The van der Waals surface area contributed by atoms with Gasteiger partial charge in [0.1, 0.15) is 23.3 Å². The molecule has 4 atom stereocenters. The van der Waals surface area contributed by atoms with Gasteiger partial charge in [0, 0.05) is 45.8 Å². The third-order valence-electron chi connectivity index (χ3n) is 12.6. The average Bonchev–Trinajstić information content (AvgIpc) is 4.00. The van der Waals surface area contributed by atoms with E-state index >= 15 is 0 Å². The zero-order valence-electron chi connectivity index (χ0n) is 32.3. The normalized spacial score (nSPS) is 26.2. The summed E-state index contributed by atoms with van der Waals surface area (Å²) in [6.07, 6.45) is 14.4. The number of piperidine rings is 2. The molecule has 4 aromatic heterocycles. The predicted molar refractivity (Wildman–Crippen MR) is 211 cm³/mol. The average molecular weight is 747 g/mol. The largest absolute Gasteiger partial charge is 0.371 e. The van der Waals surface area contributed by atoms with Gasteiger partial charge in [0.05, 0.1) is 59.7 Å². The summed E-state index contributed by atoms with van der Waals surface area (Å²) in [6, 6.07) is 11.6. The molecule has 290 valence electrons. The number of fused-ring (bicyclic) bond motifs is 6. The van der Waals surface area contributed by atoms with Crippen LogP contribution in [0.4, 0.5) is 11.6 Å². The lowest BCUT2D eigenvalue weighted by molar-refractivity contribution is 0.0301. The fraction of sp³-hybridized carbons (Fsp3) is 0.610. The van der Waals surface area contributed by atoms with Gasteiger partial charge in [0.15, 0.2) is 11.3 Å². The number of aryl methyl sites for hydroxylation is 2. The zero-order chi connectivity index (χ0) is 36.9. The Bertz CT molecular complexity index is 2080. The summed E-state index contributed by atoms with van der Waals surface area (Å²) in [5, 5.41) is 15.1. The van der Waals surface area contributed by atoms with Crippen LogP contribution in [-0.2, 0) is 16.0 Å². The van der Waals surface area contributed by atoms with Gasteiger partial charge in [-0.15, -0.1) is 0 Å². The fourth-order valence-electron chi connectivity index (χ4n) is 9.84. The second kappa shape index (κ2) is 15.0. The summed E-state index contributed by atoms with van der Waals surface area (Å²) in [5.41, 5.74) is 3.36. The second-order valence-electron chi connectivity index (χ2n) is 16.5. The first-order valence-corrected chi connectivity index (χ1v) is 20.7. The van der Waals surface area contributed by atoms with Gasteiger partial charge in [-0.2, -0.15) is 10.2 Å². The second-order valence-corrected chi connectivity index (χ2v) is 16.5. The van der Waals surface area contributed by atoms with E-state index in [9.17, 15) is 0 Å². The number of hydrogen-bond donors (Lipinski definition) is 1. The fourth-order valence-corrected chi connectivity index (χ4v) is 9.84. The summed E-state index contributed by atoms with van der Waals surface area (Å²) < 4.78 is 16.3. The number of nitrogens with one attached hydrogen (secondary N) is 1. The number of morpholine rings is 2. The molecule has 4 unspecified atom stereocenters. The van der Waals surface area contributed by atoms with E-state index in [1.807, 2.05) is 26.2 Å². The molecule has 4 bridgehead atoms. The van der Waals surface area contributed by atoms with Crippen LogP contribution in [0.5, 0.6) is 0 Å². The van der Waals surface area contributed by atoms with Crippen molar-refractivity contribution in [3.05, 3.63) is 59.9 Å². The van der Waals surface area contributed by atoms with E-state index in [4.69, 9.17) is 39.6 Å². The predicted octanol–water partition coefficient (Wildman–Crippen LogP) is 4.77. The van der Waals surface area contributed by atoms with Crippen LogP contribution in [0, 0.1) is 13.8 Å². The van der Waals surface area contributed by atoms with Crippen LogP contribution < -0.4 is 15.1 Å². The Kier molecular flexibility index (Phi) is 9.61. The number of aromatic nitrogens is 8. The van der Waals surface area contributed by atoms with E-state index < -0.39 is 0 Å². The minimum absolute atomic E-state index is 0.341. The van der Waals surface area contributed by atoms with Crippen molar-refractivity contribution < 1.29 is 9.47 Å². The van der Waals surface area contributed by atoms with Crippen LogP contribution in [0.1, 0.15) is 80.7 Å². The SMILES string of the molecule is Cc1nc(N2CC3CCC(C2)O3)c2cnn(C3CCN(Cc4ccccc4)CC3)c2n1.Cc1nc(N2CC3CCC(C2)O3)c2cnn(C3CCNCC3)c2n1. The highest BCUT2D eigenvalue weighted by molar-refractivity contribution is 5.88. The van der Waals surface area contributed by atoms with Crippen LogP contribution in [0.25, 0.3) is 22.1 Å². The van der Waals surface area contributed by atoms with E-state index in [1.165, 1.54) is 18.4 Å². The minimum Gasteiger partial charge on any atom is -0.371 e. The van der Waals surface area contributed by atoms with Crippen molar-refractivity contribution in [2.24, 2.45) is 0 Å². The molecule has 1 aromatic carbocycles. The lowest BCUT2D eigenvalue weighted by Gasteiger charge is -2.33. The van der Waals surface area contributed by atoms with Crippen molar-refractivity contribution in [2.75, 3.05) is 62.2 Å². The highest BCUT2D eigenvalue weighted by Crippen LogP contribution is 2.35. The Morgan fingerprint density at radius 3 is 1.56 bits per heavy atom. The number of hydrogen-bond acceptors (Lipinski definition) is 12. The quantitative estimate of drug-likeness (QED) is 0.257. The molecular weight excluding hydrogens is 693 g/mol. The van der Waals surface area contributed by atoms with Crippen LogP contribution in [-0.4, -0.2) is 121 Å². The minimum atomic E-state index is 0.341. The highest BCUT2D eigenvalue weighted by atomic mass is 16.5. The Hall–Kier alpha value is -4.24. The van der Waals surface area contributed by atoms with Gasteiger partial charge in [0.25, 0.3) is 0 Å². The van der Waals surface area contributed by atoms with Crippen molar-refractivity contribution >= 4 is 33.7 Å². The van der Waals surface area contributed by atoms with Crippen molar-refractivity contribution in [1.29, 1.82) is 0 Å². The maximum Gasteiger partial charge on any atom is 0.163 e. The smallest absolute Gasteiger partial charge is 0.163 e. The molecule has 0 spiro atoms. The molecule has 10 heterocycles. The lowest BCUT2D eigenvalue weighted by atomic mass is 10.0. The van der Waals surface area contributed by atoms with Gasteiger partial charge in [-0.05, 0) is 83.9 Å². The molecule has 6 aliphatic heterocycles. The van der Waals surface area contributed by atoms with Crippen molar-refractivity contribution in [3.63, 3.8) is 0 Å². The van der Waals surface area contributed by atoms with Gasteiger partial charge in [0.2, 0.25) is 0 Å². The molecular formula is C41H54N12O2. The molecule has 0 saturated carbocycles. The van der Waals surface area contributed by atoms with Crippen molar-refractivity contribution in [2.45, 2.75) is 108 Å². The van der Waals surface area contributed by atoms with Gasteiger partial charge in [-0.25, -0.2) is 29.3 Å². The molecule has 1 N–H and O–H groups in total. The maximum absolute atomic E-state index is 6.03. The third-order valence-corrected chi connectivity index (χ3v) is 12.6. The topological polar surface area (TPSA) is 127 Å². The van der Waals surface area contributed by atoms with Crippen molar-refractivity contribution in [1.82, 2.24) is 49.7 Å². The molecule has 6 aliphatic rings. The summed E-state index contributed by atoms with van der Waals surface area (Å²) in [6.45, 7) is 13.0. The number of ether oxygens (including phenoxy) is 2. The molecule has 11 rings (SSSR count). The van der Waals surface area contributed by atoms with E-state index in [1.54, 1.807) is 0 Å². The molecule has 5 aromatic rings. The van der Waals surface area contributed by atoms with Crippen LogP contribution in [0.15, 0.2) is 42.7 Å². The summed E-state index contributed by atoms with van der Waals surface area (Å²) >= 11 is 0. The monoisotopic (exact) mass is 746 g/mol. The molecule has 14 heteroatoms. The molecule has 14 nitrogen and oxygen atoms in total. The van der Waals surface area contributed by atoms with Gasteiger partial charge < -0.3 is 24.6 Å². The summed E-state index contributed by atoms with van der Waals surface area (Å²) in [5.74, 6) is 3.73. The first-order valence-electron chi connectivity index (χ1n) is 20.7. The number of benzene rings is 1. The first-order chi connectivity index (χ1) is 27.0. The van der Waals surface area contributed by atoms with Gasteiger partial charge in [-0.3, -0.25) is 4.90 Å². The molecule has 6 saturated heterocycles. The Balaban J connectivity index is 0.000000140. The van der Waals surface area contributed by atoms with Gasteiger partial charge in [-0.1, -0.05) is 30.3 Å². The molecule has 0 amide bonds. The number of anilines is 2. The van der Waals surface area contributed by atoms with E-state index in [0.717, 1.165) is 143 Å². The highest BCUT2D eigenvalue weighted by Gasteiger charge is 2.37. The molecule has 55 heavy (non-hydrogen) atoms. The standard InChI is InChI=1S/C24H30N6O.C17H24N6O/c1-17-26-23(29-15-20-7-8-21(16-29)31-20)22-13-25-30(24(22)27-17)19-9-11-28(12-10-19)14-18-5-3-2-4-6-18;1-11-20-16(22-9-13-2-3-14(10-22)24-13)15-8-19-23(17(15)21-11)12-4-6-18-7-5-12/h2-6,13,19-21H,7-12,14-16H2,1H3;8,12-14,18H,2-7,9-10H2,1H3. The molecule has 0 aliphatic carbocycles. The Morgan fingerprint density at radius 1 is 0.600 bits per heavy atom. The van der Waals surface area contributed by atoms with E-state index in [2.05, 4.69) is 59.7 Å². The third kappa shape index (κ3) is 7.18. The maximum atomic E-state index is 6.03. The van der Waals surface area contributed by atoms with Crippen LogP contribution in [0.2, 0.25) is 0 Å². The Labute approximate surface area is 322 Å². The van der Waals surface area contributed by atoms with Crippen LogP contribution in [0.3, 0.4) is 0 Å². The van der Waals surface area contributed by atoms with E-state index in [-0.39, 0.29) is 0 Å². The van der Waals surface area contributed by atoms with Crippen molar-refractivity contribution in [3.8, 4) is 0 Å². The van der Waals surface area contributed by atoms with Gasteiger partial charge >= 0.3 is 0 Å².